The van der Waals surface area contributed by atoms with E-state index in [1.54, 1.807) is 20.8 Å². The number of rotatable bonds is 2. The number of carbonyl (C=O) groups is 2. The maximum atomic E-state index is 12.0. The summed E-state index contributed by atoms with van der Waals surface area (Å²) in [6.45, 7) is 5.90. The largest absolute Gasteiger partial charge is 0.444 e. The molecule has 1 fully saturated rings. The topological polar surface area (TPSA) is 70.4 Å². The maximum Gasteiger partial charge on any atom is 0.410 e. The molecule has 1 atom stereocenters. The fraction of sp³-hybridized carbons (Fsp3) is 0.769. The van der Waals surface area contributed by atoms with Crippen LogP contribution in [0.3, 0.4) is 0 Å². The van der Waals surface area contributed by atoms with Crippen molar-refractivity contribution in [3.63, 3.8) is 0 Å². The van der Waals surface area contributed by atoms with E-state index in [2.05, 4.69) is 0 Å². The van der Waals surface area contributed by atoms with Gasteiger partial charge in [0, 0.05) is 6.54 Å². The van der Waals surface area contributed by atoms with E-state index in [4.69, 9.17) is 10.00 Å². The second-order valence-corrected chi connectivity index (χ2v) is 5.49. The standard InChI is InChI=1S/C13H20N2O3/c1-13(2,3)18-12(17)15-9-5-4-6-10(15)11(16)7-8-14/h10H,4-7,9H2,1-3H3/t10-/m0/s1. The zero-order valence-corrected chi connectivity index (χ0v) is 11.2. The molecule has 0 aromatic carbocycles. The highest BCUT2D eigenvalue weighted by Crippen LogP contribution is 2.21. The lowest BCUT2D eigenvalue weighted by Gasteiger charge is -2.35. The van der Waals surface area contributed by atoms with Crippen molar-refractivity contribution in [3.8, 4) is 6.07 Å². The Morgan fingerprint density at radius 2 is 2.06 bits per heavy atom. The number of nitrogens with zero attached hydrogens (tertiary/aromatic N) is 2. The number of likely N-dealkylation sites (tertiary alicyclic amines) is 1. The second-order valence-electron chi connectivity index (χ2n) is 5.49. The Bertz CT molecular complexity index is 365. The Balaban J connectivity index is 2.73. The van der Waals surface area contributed by atoms with Crippen LogP contribution in [0.5, 0.6) is 0 Å². The maximum absolute atomic E-state index is 12.0. The van der Waals surface area contributed by atoms with Gasteiger partial charge in [-0.15, -0.1) is 0 Å². The third kappa shape index (κ3) is 4.02. The molecule has 1 heterocycles. The number of amides is 1. The number of Topliss-reactive ketones (excluding diaryl/α,β-unsaturated/α-hetero) is 1. The second kappa shape index (κ2) is 5.85. The van der Waals surface area contributed by atoms with Crippen LogP contribution < -0.4 is 0 Å². The highest BCUT2D eigenvalue weighted by Gasteiger charge is 2.34. The van der Waals surface area contributed by atoms with Gasteiger partial charge in [-0.3, -0.25) is 9.69 Å². The van der Waals surface area contributed by atoms with Gasteiger partial charge in [0.2, 0.25) is 0 Å². The van der Waals surface area contributed by atoms with Gasteiger partial charge in [0.1, 0.15) is 5.60 Å². The third-order valence-corrected chi connectivity index (χ3v) is 2.76. The fourth-order valence-electron chi connectivity index (χ4n) is 2.00. The van der Waals surface area contributed by atoms with Gasteiger partial charge in [0.25, 0.3) is 0 Å². The highest BCUT2D eigenvalue weighted by atomic mass is 16.6. The lowest BCUT2D eigenvalue weighted by molar-refractivity contribution is -0.124. The van der Waals surface area contributed by atoms with Crippen LogP contribution in [0.25, 0.3) is 0 Å². The summed E-state index contributed by atoms with van der Waals surface area (Å²) in [5, 5.41) is 8.57. The van der Waals surface area contributed by atoms with Crippen molar-refractivity contribution in [1.82, 2.24) is 4.90 Å². The summed E-state index contributed by atoms with van der Waals surface area (Å²) >= 11 is 0. The van der Waals surface area contributed by atoms with Crippen molar-refractivity contribution in [2.24, 2.45) is 0 Å². The van der Waals surface area contributed by atoms with Gasteiger partial charge in [-0.25, -0.2) is 4.79 Å². The third-order valence-electron chi connectivity index (χ3n) is 2.76. The molecule has 1 saturated heterocycles. The van der Waals surface area contributed by atoms with E-state index in [9.17, 15) is 9.59 Å². The molecule has 0 unspecified atom stereocenters. The summed E-state index contributed by atoms with van der Waals surface area (Å²) in [7, 11) is 0. The zero-order chi connectivity index (χ0) is 13.8. The number of carbonyl (C=O) groups excluding carboxylic acids is 2. The Labute approximate surface area is 108 Å². The van der Waals surface area contributed by atoms with Crippen LogP contribution in [0.1, 0.15) is 46.5 Å². The van der Waals surface area contributed by atoms with Gasteiger partial charge < -0.3 is 4.74 Å². The molecular weight excluding hydrogens is 232 g/mol. The van der Waals surface area contributed by atoms with Gasteiger partial charge in [-0.05, 0) is 40.0 Å². The predicted octanol–water partition coefficient (Wildman–Crippen LogP) is 2.26. The number of nitriles is 1. The van der Waals surface area contributed by atoms with E-state index in [-0.39, 0.29) is 12.2 Å². The van der Waals surface area contributed by atoms with Crippen LogP contribution in [0, 0.1) is 11.3 Å². The minimum absolute atomic E-state index is 0.149. The Morgan fingerprint density at radius 1 is 1.39 bits per heavy atom. The first-order valence-electron chi connectivity index (χ1n) is 6.24. The van der Waals surface area contributed by atoms with E-state index >= 15 is 0 Å². The molecule has 1 amide bonds. The average Bonchev–Trinajstić information content (AvgIpc) is 2.27. The van der Waals surface area contributed by atoms with E-state index in [1.807, 2.05) is 6.07 Å². The summed E-state index contributed by atoms with van der Waals surface area (Å²) in [5.41, 5.74) is -0.572. The predicted molar refractivity (Wildman–Crippen MR) is 65.8 cm³/mol. The molecule has 1 rings (SSSR count). The van der Waals surface area contributed by atoms with Crippen LogP contribution in [0.15, 0.2) is 0 Å². The molecule has 0 N–H and O–H groups in total. The minimum Gasteiger partial charge on any atom is -0.444 e. The number of hydrogen-bond acceptors (Lipinski definition) is 4. The molecule has 1 aliphatic heterocycles. The van der Waals surface area contributed by atoms with Crippen molar-refractivity contribution in [1.29, 1.82) is 5.26 Å². The van der Waals surface area contributed by atoms with Gasteiger partial charge in [0.15, 0.2) is 5.78 Å². The van der Waals surface area contributed by atoms with Gasteiger partial charge in [0.05, 0.1) is 18.5 Å². The number of ketones is 1. The Kier molecular flexibility index (Phi) is 4.71. The summed E-state index contributed by atoms with van der Waals surface area (Å²) in [5.74, 6) is -0.192. The molecule has 1 aliphatic rings. The molecule has 0 bridgehead atoms. The SMILES string of the molecule is CC(C)(C)OC(=O)N1CCCC[C@H]1C(=O)CC#N. The molecule has 0 aliphatic carbocycles. The van der Waals surface area contributed by atoms with Gasteiger partial charge in [-0.2, -0.15) is 5.26 Å². The molecule has 0 spiro atoms. The molecule has 0 aromatic rings. The molecule has 0 radical (unpaired) electrons. The monoisotopic (exact) mass is 252 g/mol. The van der Waals surface area contributed by atoms with Crippen molar-refractivity contribution >= 4 is 11.9 Å². The highest BCUT2D eigenvalue weighted by molar-refractivity contribution is 5.89. The van der Waals surface area contributed by atoms with Crippen LogP contribution in [-0.2, 0) is 9.53 Å². The summed E-state index contributed by atoms with van der Waals surface area (Å²) in [6.07, 6.45) is 1.79. The summed E-state index contributed by atoms with van der Waals surface area (Å²) < 4.78 is 5.29. The van der Waals surface area contributed by atoms with E-state index in [0.717, 1.165) is 12.8 Å². The van der Waals surface area contributed by atoms with E-state index < -0.39 is 17.7 Å². The lowest BCUT2D eigenvalue weighted by atomic mass is 9.97. The zero-order valence-electron chi connectivity index (χ0n) is 11.2. The number of hydrogen-bond donors (Lipinski definition) is 0. The summed E-state index contributed by atoms with van der Waals surface area (Å²) in [4.78, 5) is 25.3. The van der Waals surface area contributed by atoms with Crippen molar-refractivity contribution in [3.05, 3.63) is 0 Å². The first-order chi connectivity index (χ1) is 8.35. The van der Waals surface area contributed by atoms with Crippen LogP contribution >= 0.6 is 0 Å². The fourth-order valence-corrected chi connectivity index (χ4v) is 2.00. The van der Waals surface area contributed by atoms with Crippen LogP contribution in [-0.4, -0.2) is 35.0 Å². The molecular formula is C13H20N2O3. The molecule has 0 aromatic heterocycles. The first-order valence-corrected chi connectivity index (χ1v) is 6.24. The summed E-state index contributed by atoms with van der Waals surface area (Å²) in [6, 6.07) is 1.35. The van der Waals surface area contributed by atoms with E-state index in [0.29, 0.717) is 13.0 Å². The lowest BCUT2D eigenvalue weighted by Crippen LogP contribution is -2.49. The average molecular weight is 252 g/mol. The number of ether oxygens (including phenoxy) is 1. The first kappa shape index (κ1) is 14.5. The quantitative estimate of drug-likeness (QED) is 0.755. The molecule has 0 saturated carbocycles. The Morgan fingerprint density at radius 3 is 2.61 bits per heavy atom. The molecule has 5 nitrogen and oxygen atoms in total. The normalized spacial score (nSPS) is 20.1. The van der Waals surface area contributed by atoms with Gasteiger partial charge in [-0.1, -0.05) is 0 Å². The van der Waals surface area contributed by atoms with Crippen molar-refractivity contribution in [2.75, 3.05) is 6.54 Å². The minimum atomic E-state index is -0.572. The Hall–Kier alpha value is -1.57. The van der Waals surface area contributed by atoms with Crippen LogP contribution in [0.2, 0.25) is 0 Å². The number of piperidine rings is 1. The van der Waals surface area contributed by atoms with Gasteiger partial charge >= 0.3 is 6.09 Å². The van der Waals surface area contributed by atoms with Crippen LogP contribution in [0.4, 0.5) is 4.79 Å². The van der Waals surface area contributed by atoms with Crippen molar-refractivity contribution < 1.29 is 14.3 Å². The molecule has 100 valence electrons. The smallest absolute Gasteiger partial charge is 0.410 e. The molecule has 5 heteroatoms. The van der Waals surface area contributed by atoms with Crippen molar-refractivity contribution in [2.45, 2.75) is 58.1 Å². The molecule has 18 heavy (non-hydrogen) atoms. The van der Waals surface area contributed by atoms with E-state index in [1.165, 1.54) is 4.90 Å².